The summed E-state index contributed by atoms with van der Waals surface area (Å²) in [5.41, 5.74) is 5.52. The van der Waals surface area contributed by atoms with E-state index in [1.165, 1.54) is 72.7 Å². The number of thiophene rings is 2. The van der Waals surface area contributed by atoms with Gasteiger partial charge in [0.15, 0.2) is 0 Å². The van der Waals surface area contributed by atoms with Gasteiger partial charge in [-0.2, -0.15) is 4.98 Å². The summed E-state index contributed by atoms with van der Waals surface area (Å²) in [6, 6.07) is 54.4. The first-order chi connectivity index (χ1) is 26.8. The summed E-state index contributed by atoms with van der Waals surface area (Å²) in [5, 5.41) is 14.2. The van der Waals surface area contributed by atoms with Crippen molar-refractivity contribution >= 4 is 128 Å². The maximum Gasteiger partial charge on any atom is 0.238 e. The van der Waals surface area contributed by atoms with Crippen molar-refractivity contribution in [1.29, 1.82) is 0 Å². The Morgan fingerprint density at radius 1 is 0.444 bits per heavy atom. The fourth-order valence-electron chi connectivity index (χ4n) is 9.02. The lowest BCUT2D eigenvalue weighted by atomic mass is 9.97. The summed E-state index contributed by atoms with van der Waals surface area (Å²) in [6.07, 6.45) is 0. The van der Waals surface area contributed by atoms with E-state index in [-0.39, 0.29) is 0 Å². The largest absolute Gasteiger partial charge is 0.437 e. The molecule has 0 saturated carbocycles. The van der Waals surface area contributed by atoms with Crippen molar-refractivity contribution < 1.29 is 4.42 Å². The van der Waals surface area contributed by atoms with E-state index < -0.39 is 0 Å². The molecule has 0 radical (unpaired) electrons. The lowest BCUT2D eigenvalue weighted by molar-refractivity contribution is 0.651. The summed E-state index contributed by atoms with van der Waals surface area (Å²) in [6.45, 7) is 0. The van der Waals surface area contributed by atoms with E-state index in [1.54, 1.807) is 0 Å². The molecule has 13 aromatic rings. The van der Waals surface area contributed by atoms with Crippen LogP contribution in [0.1, 0.15) is 0 Å². The second-order valence-corrected chi connectivity index (χ2v) is 16.2. The van der Waals surface area contributed by atoms with Gasteiger partial charge >= 0.3 is 0 Å². The highest BCUT2D eigenvalue weighted by molar-refractivity contribution is 7.27. The quantitative estimate of drug-likeness (QED) is 0.178. The second kappa shape index (κ2) is 10.5. The summed E-state index contributed by atoms with van der Waals surface area (Å²) in [5.74, 6) is 0.595. The number of fused-ring (bicyclic) bond motifs is 18. The van der Waals surface area contributed by atoms with Gasteiger partial charge in [0.05, 0.1) is 26.8 Å². The van der Waals surface area contributed by atoms with Gasteiger partial charge in [-0.1, -0.05) is 121 Å². The van der Waals surface area contributed by atoms with E-state index in [1.807, 2.05) is 34.8 Å². The summed E-state index contributed by atoms with van der Waals surface area (Å²) in [4.78, 5) is 11.1. The van der Waals surface area contributed by atoms with E-state index in [2.05, 4.69) is 144 Å². The van der Waals surface area contributed by atoms with Crippen LogP contribution < -0.4 is 0 Å². The minimum Gasteiger partial charge on any atom is -0.437 e. The smallest absolute Gasteiger partial charge is 0.238 e. The van der Waals surface area contributed by atoms with Crippen LogP contribution in [0.4, 0.5) is 0 Å². The molecule has 5 aromatic heterocycles. The maximum atomic E-state index is 6.68. The second-order valence-electron chi connectivity index (χ2n) is 14.0. The summed E-state index contributed by atoms with van der Waals surface area (Å²) in [7, 11) is 0. The van der Waals surface area contributed by atoms with Crippen LogP contribution in [0.2, 0.25) is 0 Å². The molecule has 0 spiro atoms. The van der Waals surface area contributed by atoms with Gasteiger partial charge < -0.3 is 4.42 Å². The minimum atomic E-state index is 0.580. The minimum absolute atomic E-state index is 0.580. The van der Waals surface area contributed by atoms with Gasteiger partial charge in [0.1, 0.15) is 5.58 Å². The highest BCUT2D eigenvalue weighted by atomic mass is 32.1. The third-order valence-corrected chi connectivity index (χ3v) is 13.5. The monoisotopic (exact) mass is 723 g/mol. The Morgan fingerprint density at radius 3 is 1.93 bits per heavy atom. The zero-order valence-electron chi connectivity index (χ0n) is 28.5. The van der Waals surface area contributed by atoms with Crippen molar-refractivity contribution in [2.75, 3.05) is 0 Å². The first kappa shape index (κ1) is 28.9. The number of hydrogen-bond acceptors (Lipinski definition) is 5. The molecule has 54 heavy (non-hydrogen) atoms. The number of aromatic nitrogens is 3. The third kappa shape index (κ3) is 3.71. The van der Waals surface area contributed by atoms with Crippen molar-refractivity contribution in [3.8, 4) is 17.2 Å². The molecule has 0 aliphatic carbocycles. The Labute approximate surface area is 314 Å². The molecule has 5 heterocycles. The van der Waals surface area contributed by atoms with Gasteiger partial charge in [0.2, 0.25) is 11.7 Å². The molecular formula is C48H25N3OS2. The summed E-state index contributed by atoms with van der Waals surface area (Å²) >= 11 is 3.67. The molecule has 0 unspecified atom stereocenters. The number of nitrogens with zero attached hydrogens (tertiary/aromatic N) is 3. The fourth-order valence-corrected chi connectivity index (χ4v) is 11.4. The van der Waals surface area contributed by atoms with E-state index in [4.69, 9.17) is 14.4 Å². The molecule has 0 bridgehead atoms. The molecule has 6 heteroatoms. The van der Waals surface area contributed by atoms with Crippen molar-refractivity contribution in [1.82, 2.24) is 14.5 Å². The zero-order chi connectivity index (χ0) is 35.1. The highest BCUT2D eigenvalue weighted by Crippen LogP contribution is 2.50. The summed E-state index contributed by atoms with van der Waals surface area (Å²) < 4.78 is 14.0. The fraction of sp³-hybridized carbons (Fsp3) is 0. The molecule has 0 fully saturated rings. The van der Waals surface area contributed by atoms with Crippen molar-refractivity contribution in [2.24, 2.45) is 0 Å². The average Bonchev–Trinajstić information content (AvgIpc) is 3.99. The highest BCUT2D eigenvalue weighted by Gasteiger charge is 2.27. The third-order valence-electron chi connectivity index (χ3n) is 11.2. The molecule has 0 amide bonds. The van der Waals surface area contributed by atoms with Crippen LogP contribution in [-0.4, -0.2) is 14.5 Å². The molecule has 0 aliphatic rings. The van der Waals surface area contributed by atoms with E-state index in [0.717, 1.165) is 38.6 Å². The Hall–Kier alpha value is -6.60. The normalized spacial score (nSPS) is 12.4. The van der Waals surface area contributed by atoms with Crippen LogP contribution in [0.25, 0.3) is 123 Å². The lowest BCUT2D eigenvalue weighted by Crippen LogP contribution is -2.03. The number of hydrogen-bond donors (Lipinski definition) is 0. The average molecular weight is 724 g/mol. The van der Waals surface area contributed by atoms with Gasteiger partial charge in [-0.25, -0.2) is 4.98 Å². The molecule has 13 rings (SSSR count). The molecule has 0 saturated heterocycles. The van der Waals surface area contributed by atoms with Crippen molar-refractivity contribution in [2.45, 2.75) is 0 Å². The SMILES string of the molecule is c1ccc2c(c1)ccc1c2c2c3ccccc3c3c4ccccc4sc3c2n1-c1nc(-c2cccc3sc4ccccc4c23)c2c(n1)oc1ccccc12. The topological polar surface area (TPSA) is 43.9 Å². The van der Waals surface area contributed by atoms with E-state index in [9.17, 15) is 0 Å². The van der Waals surface area contributed by atoms with Gasteiger partial charge in [0, 0.05) is 57.4 Å². The first-order valence-corrected chi connectivity index (χ1v) is 19.7. The Balaban J connectivity index is 1.28. The van der Waals surface area contributed by atoms with Crippen LogP contribution in [0.5, 0.6) is 0 Å². The standard InChI is InChI=1S/C48H25N3OS2/c1-2-13-27-26(12-1)24-25-34-41(27)42-29-15-4-3-14-28(29)40-32-18-7-10-22-37(32)54-46(40)45(42)51(34)48-49-44(43-30-16-5-8-20-35(30)52-47(43)50-48)33-19-11-23-38-39(33)31-17-6-9-21-36(31)53-38/h1-25H. The molecular weight excluding hydrogens is 699 g/mol. The van der Waals surface area contributed by atoms with Crippen molar-refractivity contribution in [3.63, 3.8) is 0 Å². The number of furan rings is 1. The van der Waals surface area contributed by atoms with E-state index in [0.29, 0.717) is 11.7 Å². The Bertz CT molecular complexity index is 3750. The van der Waals surface area contributed by atoms with Gasteiger partial charge in [-0.3, -0.25) is 4.57 Å². The zero-order valence-corrected chi connectivity index (χ0v) is 30.1. The Kier molecular flexibility index (Phi) is 5.63. The number of para-hydroxylation sites is 1. The maximum absolute atomic E-state index is 6.68. The molecule has 250 valence electrons. The Morgan fingerprint density at radius 2 is 1.09 bits per heavy atom. The van der Waals surface area contributed by atoms with Crippen LogP contribution in [0.15, 0.2) is 156 Å². The molecule has 0 aliphatic heterocycles. The van der Waals surface area contributed by atoms with Gasteiger partial charge in [0.25, 0.3) is 0 Å². The first-order valence-electron chi connectivity index (χ1n) is 18.1. The number of benzene rings is 8. The van der Waals surface area contributed by atoms with Crippen LogP contribution in [0.3, 0.4) is 0 Å². The lowest BCUT2D eigenvalue weighted by Gasteiger charge is -2.12. The van der Waals surface area contributed by atoms with Crippen molar-refractivity contribution in [3.05, 3.63) is 152 Å². The number of rotatable bonds is 2. The van der Waals surface area contributed by atoms with Crippen LogP contribution >= 0.6 is 22.7 Å². The van der Waals surface area contributed by atoms with E-state index >= 15 is 0 Å². The van der Waals surface area contributed by atoms with Crippen LogP contribution in [-0.2, 0) is 0 Å². The van der Waals surface area contributed by atoms with Crippen LogP contribution in [0, 0.1) is 0 Å². The van der Waals surface area contributed by atoms with Gasteiger partial charge in [-0.15, -0.1) is 22.7 Å². The molecule has 8 aromatic carbocycles. The van der Waals surface area contributed by atoms with Gasteiger partial charge in [-0.05, 0) is 51.9 Å². The predicted octanol–water partition coefficient (Wildman–Crippen LogP) is 14.2. The predicted molar refractivity (Wildman–Crippen MR) is 230 cm³/mol. The molecule has 0 N–H and O–H groups in total. The molecule has 4 nitrogen and oxygen atoms in total. The molecule has 0 atom stereocenters.